The Bertz CT molecular complexity index is 985. The number of methoxy groups -OCH3 is 1. The Morgan fingerprint density at radius 3 is 2.83 bits per heavy atom. The van der Waals surface area contributed by atoms with Crippen LogP contribution in [0.15, 0.2) is 54.9 Å². The van der Waals surface area contributed by atoms with Crippen molar-refractivity contribution in [3.8, 4) is 22.8 Å². The number of imidazole rings is 1. The zero-order valence-corrected chi connectivity index (χ0v) is 12.8. The average molecular weight is 305 g/mol. The molecule has 0 atom stereocenters. The van der Waals surface area contributed by atoms with E-state index in [9.17, 15) is 0 Å². The number of para-hydroxylation sites is 1. The van der Waals surface area contributed by atoms with Crippen molar-refractivity contribution >= 4 is 11.0 Å². The third kappa shape index (κ3) is 2.15. The highest BCUT2D eigenvalue weighted by Crippen LogP contribution is 2.30. The van der Waals surface area contributed by atoms with Crippen LogP contribution in [0.1, 0.15) is 0 Å². The van der Waals surface area contributed by atoms with Crippen molar-refractivity contribution in [3.63, 3.8) is 0 Å². The molecule has 0 unspecified atom stereocenters. The number of rotatable bonds is 3. The number of ether oxygens (including phenoxy) is 1. The van der Waals surface area contributed by atoms with Gasteiger partial charge < -0.3 is 4.74 Å². The van der Waals surface area contributed by atoms with Gasteiger partial charge in [-0.2, -0.15) is 0 Å². The molecule has 0 fully saturated rings. The molecule has 2 heterocycles. The van der Waals surface area contributed by atoms with E-state index in [2.05, 4.69) is 15.3 Å². The number of aromatic nitrogens is 5. The van der Waals surface area contributed by atoms with Crippen LogP contribution in [0, 0.1) is 0 Å². The van der Waals surface area contributed by atoms with Gasteiger partial charge >= 0.3 is 0 Å². The Hall–Kier alpha value is -3.15. The van der Waals surface area contributed by atoms with Gasteiger partial charge in [0.1, 0.15) is 17.1 Å². The van der Waals surface area contributed by atoms with Crippen molar-refractivity contribution in [2.45, 2.75) is 0 Å². The van der Waals surface area contributed by atoms with E-state index in [1.807, 2.05) is 60.3 Å². The lowest BCUT2D eigenvalue weighted by Crippen LogP contribution is -1.98. The highest BCUT2D eigenvalue weighted by Gasteiger charge is 2.13. The van der Waals surface area contributed by atoms with Crippen LogP contribution in [0.3, 0.4) is 0 Å². The van der Waals surface area contributed by atoms with Crippen LogP contribution < -0.4 is 4.74 Å². The molecule has 6 nitrogen and oxygen atoms in total. The van der Waals surface area contributed by atoms with E-state index in [0.717, 1.165) is 33.9 Å². The van der Waals surface area contributed by atoms with E-state index in [-0.39, 0.29) is 0 Å². The Labute approximate surface area is 133 Å². The molecule has 0 saturated heterocycles. The summed E-state index contributed by atoms with van der Waals surface area (Å²) in [6, 6.07) is 13.9. The van der Waals surface area contributed by atoms with Crippen molar-refractivity contribution in [2.75, 3.05) is 7.11 Å². The molecule has 0 bridgehead atoms. The van der Waals surface area contributed by atoms with Gasteiger partial charge in [0.25, 0.3) is 0 Å². The molecule has 114 valence electrons. The van der Waals surface area contributed by atoms with E-state index in [1.54, 1.807) is 18.0 Å². The summed E-state index contributed by atoms with van der Waals surface area (Å²) in [5.41, 5.74) is 3.77. The Kier molecular flexibility index (Phi) is 3.08. The number of hydrogen-bond donors (Lipinski definition) is 0. The smallest absolute Gasteiger partial charge is 0.148 e. The molecule has 0 saturated carbocycles. The second-order valence-electron chi connectivity index (χ2n) is 5.21. The largest absolute Gasteiger partial charge is 0.496 e. The second-order valence-corrected chi connectivity index (χ2v) is 5.21. The molecule has 0 aliphatic carbocycles. The first-order chi connectivity index (χ1) is 11.3. The lowest BCUT2D eigenvalue weighted by molar-refractivity contribution is 0.416. The summed E-state index contributed by atoms with van der Waals surface area (Å²) in [4.78, 5) is 4.50. The van der Waals surface area contributed by atoms with E-state index < -0.39 is 0 Å². The van der Waals surface area contributed by atoms with Gasteiger partial charge in [-0.3, -0.25) is 4.57 Å². The van der Waals surface area contributed by atoms with Crippen molar-refractivity contribution in [3.05, 3.63) is 54.9 Å². The van der Waals surface area contributed by atoms with Crippen molar-refractivity contribution < 1.29 is 4.74 Å². The van der Waals surface area contributed by atoms with Crippen LogP contribution in [-0.4, -0.2) is 31.7 Å². The Balaban J connectivity index is 1.88. The van der Waals surface area contributed by atoms with Gasteiger partial charge in [0, 0.05) is 25.1 Å². The molecule has 0 amide bonds. The average Bonchev–Trinajstić information content (AvgIpc) is 3.21. The van der Waals surface area contributed by atoms with Gasteiger partial charge in [-0.25, -0.2) is 9.67 Å². The summed E-state index contributed by atoms with van der Waals surface area (Å²) in [6.07, 6.45) is 3.71. The van der Waals surface area contributed by atoms with E-state index >= 15 is 0 Å². The zero-order valence-electron chi connectivity index (χ0n) is 12.8. The third-order valence-electron chi connectivity index (χ3n) is 3.86. The first-order valence-electron chi connectivity index (χ1n) is 7.24. The fourth-order valence-corrected chi connectivity index (χ4v) is 2.72. The molecule has 2 aromatic heterocycles. The minimum atomic E-state index is 0.792. The zero-order chi connectivity index (χ0) is 15.8. The summed E-state index contributed by atoms with van der Waals surface area (Å²) in [7, 11) is 3.55. The molecule has 0 N–H and O–H groups in total. The maximum atomic E-state index is 5.45. The van der Waals surface area contributed by atoms with Crippen molar-refractivity contribution in [1.29, 1.82) is 0 Å². The predicted octanol–water partition coefficient (Wildman–Crippen LogP) is 2.83. The molecule has 6 heteroatoms. The van der Waals surface area contributed by atoms with Crippen LogP contribution in [0.25, 0.3) is 28.1 Å². The van der Waals surface area contributed by atoms with E-state index in [0.29, 0.717) is 0 Å². The van der Waals surface area contributed by atoms with Gasteiger partial charge in [-0.1, -0.05) is 17.3 Å². The van der Waals surface area contributed by atoms with Crippen LogP contribution >= 0.6 is 0 Å². The van der Waals surface area contributed by atoms with Crippen LogP contribution in [-0.2, 0) is 7.05 Å². The second kappa shape index (κ2) is 5.24. The lowest BCUT2D eigenvalue weighted by Gasteiger charge is -2.11. The Morgan fingerprint density at radius 1 is 1.09 bits per heavy atom. The number of hydrogen-bond acceptors (Lipinski definition) is 4. The molecular formula is C17H15N5O. The van der Waals surface area contributed by atoms with Gasteiger partial charge in [-0.15, -0.1) is 5.10 Å². The minimum absolute atomic E-state index is 0.792. The van der Waals surface area contributed by atoms with Gasteiger partial charge in [-0.05, 0) is 30.3 Å². The molecular weight excluding hydrogens is 290 g/mol. The molecule has 0 aliphatic heterocycles. The topological polar surface area (TPSA) is 57.8 Å². The number of nitrogens with zero attached hydrogens (tertiary/aromatic N) is 5. The summed E-state index contributed by atoms with van der Waals surface area (Å²) < 4.78 is 9.23. The number of benzene rings is 2. The highest BCUT2D eigenvalue weighted by molar-refractivity contribution is 5.77. The van der Waals surface area contributed by atoms with Crippen LogP contribution in [0.5, 0.6) is 5.75 Å². The minimum Gasteiger partial charge on any atom is -0.496 e. The summed E-state index contributed by atoms with van der Waals surface area (Å²) in [6.45, 7) is 0. The van der Waals surface area contributed by atoms with Gasteiger partial charge in [0.2, 0.25) is 0 Å². The first-order valence-corrected chi connectivity index (χ1v) is 7.24. The molecule has 4 rings (SSSR count). The maximum Gasteiger partial charge on any atom is 0.148 e. The molecule has 23 heavy (non-hydrogen) atoms. The summed E-state index contributed by atoms with van der Waals surface area (Å²) in [5, 5.41) is 8.23. The van der Waals surface area contributed by atoms with Crippen molar-refractivity contribution in [2.24, 2.45) is 7.05 Å². The number of fused-ring (bicyclic) bond motifs is 1. The van der Waals surface area contributed by atoms with Crippen molar-refractivity contribution in [1.82, 2.24) is 24.5 Å². The quantitative estimate of drug-likeness (QED) is 0.584. The standard InChI is InChI=1S/C17H15N5O/c1-21-15-8-7-12(11-14(15)19-20-21)22-10-9-18-17(22)13-5-3-4-6-16(13)23-2/h3-11H,1-2H3. The normalized spacial score (nSPS) is 11.0. The maximum absolute atomic E-state index is 5.45. The third-order valence-corrected chi connectivity index (χ3v) is 3.86. The van der Waals surface area contributed by atoms with Gasteiger partial charge in [0.15, 0.2) is 0 Å². The summed E-state index contributed by atoms with van der Waals surface area (Å²) in [5.74, 6) is 1.62. The molecule has 2 aromatic carbocycles. The molecule has 4 aromatic rings. The molecule has 0 radical (unpaired) electrons. The van der Waals surface area contributed by atoms with Crippen LogP contribution in [0.2, 0.25) is 0 Å². The highest BCUT2D eigenvalue weighted by atomic mass is 16.5. The Morgan fingerprint density at radius 2 is 1.96 bits per heavy atom. The summed E-state index contributed by atoms with van der Waals surface area (Å²) >= 11 is 0. The number of aryl methyl sites for hydroxylation is 1. The fourth-order valence-electron chi connectivity index (χ4n) is 2.72. The molecule has 0 aliphatic rings. The lowest BCUT2D eigenvalue weighted by atomic mass is 10.2. The van der Waals surface area contributed by atoms with Crippen LogP contribution in [0.4, 0.5) is 0 Å². The van der Waals surface area contributed by atoms with E-state index in [1.165, 1.54) is 0 Å². The molecule has 0 spiro atoms. The predicted molar refractivity (Wildman–Crippen MR) is 87.6 cm³/mol. The fraction of sp³-hybridized carbons (Fsp3) is 0.118. The van der Waals surface area contributed by atoms with E-state index in [4.69, 9.17) is 4.74 Å². The SMILES string of the molecule is COc1ccccc1-c1nccn1-c1ccc2c(c1)nnn2C. The first kappa shape index (κ1) is 13.5. The van der Waals surface area contributed by atoms with Gasteiger partial charge in [0.05, 0.1) is 18.2 Å². The monoisotopic (exact) mass is 305 g/mol.